The number of rotatable bonds is 2. The van der Waals surface area contributed by atoms with E-state index in [0.29, 0.717) is 5.92 Å². The molecule has 0 aromatic carbocycles. The molecule has 1 saturated carbocycles. The van der Waals surface area contributed by atoms with E-state index in [4.69, 9.17) is 0 Å². The van der Waals surface area contributed by atoms with Gasteiger partial charge in [0.2, 0.25) is 0 Å². The quantitative estimate of drug-likeness (QED) is 0.771. The van der Waals surface area contributed by atoms with Gasteiger partial charge in [0.1, 0.15) is 0 Å². The summed E-state index contributed by atoms with van der Waals surface area (Å²) in [6.07, 6.45) is 5.25. The molecule has 0 radical (unpaired) electrons. The minimum Gasteiger partial charge on any atom is -0.360 e. The van der Waals surface area contributed by atoms with Crippen molar-refractivity contribution in [3.63, 3.8) is 0 Å². The summed E-state index contributed by atoms with van der Waals surface area (Å²) >= 11 is 0. The lowest BCUT2D eigenvalue weighted by molar-refractivity contribution is 1.06. The number of H-pyrrole nitrogens is 2. The number of aryl methyl sites for hydroxylation is 1. The van der Waals surface area contributed by atoms with Crippen molar-refractivity contribution in [3.8, 4) is 0 Å². The van der Waals surface area contributed by atoms with Gasteiger partial charge in [0, 0.05) is 11.8 Å². The van der Waals surface area contributed by atoms with Crippen molar-refractivity contribution in [2.45, 2.75) is 32.1 Å². The molecule has 1 fully saturated rings. The molecule has 0 amide bonds. The Hall–Kier alpha value is -1.51. The zero-order chi connectivity index (χ0) is 10.4. The molecule has 0 aliphatic heterocycles. The van der Waals surface area contributed by atoms with E-state index in [1.807, 2.05) is 12.3 Å². The lowest BCUT2D eigenvalue weighted by Crippen LogP contribution is -2.11. The molecule has 3 rings (SSSR count). The van der Waals surface area contributed by atoms with Crippen LogP contribution in [-0.4, -0.2) is 9.97 Å². The Morgan fingerprint density at radius 2 is 2.27 bits per heavy atom. The van der Waals surface area contributed by atoms with Gasteiger partial charge in [-0.15, -0.1) is 0 Å². The van der Waals surface area contributed by atoms with Crippen LogP contribution in [0, 0.1) is 0 Å². The van der Waals surface area contributed by atoms with E-state index in [1.165, 1.54) is 5.56 Å². The van der Waals surface area contributed by atoms with Crippen LogP contribution in [0.3, 0.4) is 0 Å². The molecule has 0 spiro atoms. The molecule has 0 bridgehead atoms. The van der Waals surface area contributed by atoms with Crippen molar-refractivity contribution < 1.29 is 0 Å². The van der Waals surface area contributed by atoms with E-state index in [-0.39, 0.29) is 5.56 Å². The average molecular weight is 202 g/mol. The molecule has 2 aromatic rings. The van der Waals surface area contributed by atoms with Crippen LogP contribution in [-0.2, 0) is 6.42 Å². The van der Waals surface area contributed by atoms with Crippen molar-refractivity contribution >= 4 is 11.0 Å². The molecular weight excluding hydrogens is 188 g/mol. The topological polar surface area (TPSA) is 48.6 Å². The molecule has 3 nitrogen and oxygen atoms in total. The lowest BCUT2D eigenvalue weighted by Gasteiger charge is -1.98. The summed E-state index contributed by atoms with van der Waals surface area (Å²) in [6.45, 7) is 2.09. The van der Waals surface area contributed by atoms with Crippen LogP contribution >= 0.6 is 0 Å². The third kappa shape index (κ3) is 1.30. The van der Waals surface area contributed by atoms with E-state index >= 15 is 0 Å². The van der Waals surface area contributed by atoms with Gasteiger partial charge < -0.3 is 9.97 Å². The van der Waals surface area contributed by atoms with Crippen LogP contribution in [0.5, 0.6) is 0 Å². The Balaban J connectivity index is 2.26. The summed E-state index contributed by atoms with van der Waals surface area (Å²) in [5.41, 5.74) is 4.27. The van der Waals surface area contributed by atoms with Gasteiger partial charge in [0.15, 0.2) is 0 Å². The molecule has 78 valence electrons. The Bertz CT molecular complexity index is 560. The summed E-state index contributed by atoms with van der Waals surface area (Å²) in [5, 5.41) is 0. The van der Waals surface area contributed by atoms with Gasteiger partial charge in [-0.3, -0.25) is 4.79 Å². The fourth-order valence-corrected chi connectivity index (χ4v) is 2.13. The van der Waals surface area contributed by atoms with Gasteiger partial charge in [0.05, 0.1) is 11.0 Å². The predicted octanol–water partition coefficient (Wildman–Crippen LogP) is 2.30. The van der Waals surface area contributed by atoms with Gasteiger partial charge >= 0.3 is 0 Å². The Morgan fingerprint density at radius 1 is 1.47 bits per heavy atom. The number of hydrogen-bond donors (Lipinski definition) is 2. The molecular formula is C12H14N2O. The lowest BCUT2D eigenvalue weighted by atomic mass is 10.1. The van der Waals surface area contributed by atoms with Crippen LogP contribution in [0.15, 0.2) is 17.1 Å². The zero-order valence-corrected chi connectivity index (χ0v) is 8.76. The summed E-state index contributed by atoms with van der Waals surface area (Å²) in [4.78, 5) is 18.0. The molecule has 15 heavy (non-hydrogen) atoms. The summed E-state index contributed by atoms with van der Waals surface area (Å²) in [7, 11) is 0. The predicted molar refractivity (Wildman–Crippen MR) is 60.3 cm³/mol. The zero-order valence-electron chi connectivity index (χ0n) is 8.76. The van der Waals surface area contributed by atoms with Gasteiger partial charge in [-0.05, 0) is 36.8 Å². The maximum atomic E-state index is 11.8. The average Bonchev–Trinajstić information content (AvgIpc) is 2.99. The molecule has 0 unspecified atom stereocenters. The molecule has 2 N–H and O–H groups in total. The normalized spacial score (nSPS) is 16.1. The number of aromatic amines is 2. The van der Waals surface area contributed by atoms with E-state index < -0.39 is 0 Å². The number of hydrogen-bond acceptors (Lipinski definition) is 1. The molecule has 0 atom stereocenters. The van der Waals surface area contributed by atoms with Crippen molar-refractivity contribution in [3.05, 3.63) is 33.7 Å². The van der Waals surface area contributed by atoms with E-state index in [9.17, 15) is 4.79 Å². The highest BCUT2D eigenvalue weighted by atomic mass is 16.1. The monoisotopic (exact) mass is 202 g/mol. The molecule has 3 heteroatoms. The van der Waals surface area contributed by atoms with Crippen LogP contribution in [0.2, 0.25) is 0 Å². The molecule has 2 heterocycles. The highest BCUT2D eigenvalue weighted by molar-refractivity contribution is 5.79. The number of fused-ring (bicyclic) bond motifs is 1. The van der Waals surface area contributed by atoms with Crippen molar-refractivity contribution in [2.75, 3.05) is 0 Å². The Kier molecular flexibility index (Phi) is 1.75. The summed E-state index contributed by atoms with van der Waals surface area (Å²) in [6, 6.07) is 2.02. The van der Waals surface area contributed by atoms with Gasteiger partial charge in [0.25, 0.3) is 5.56 Å². The highest BCUT2D eigenvalue weighted by Crippen LogP contribution is 2.38. The van der Waals surface area contributed by atoms with E-state index in [2.05, 4.69) is 16.9 Å². The second-order valence-corrected chi connectivity index (χ2v) is 4.28. The number of pyridine rings is 1. The first-order chi connectivity index (χ1) is 7.29. The molecule has 2 aromatic heterocycles. The number of aromatic nitrogens is 2. The maximum absolute atomic E-state index is 11.8. The van der Waals surface area contributed by atoms with Crippen molar-refractivity contribution in [2.24, 2.45) is 0 Å². The fourth-order valence-electron chi connectivity index (χ4n) is 2.13. The van der Waals surface area contributed by atoms with Crippen molar-refractivity contribution in [1.29, 1.82) is 0 Å². The third-order valence-corrected chi connectivity index (χ3v) is 3.19. The second kappa shape index (κ2) is 2.99. The van der Waals surface area contributed by atoms with Crippen molar-refractivity contribution in [1.82, 2.24) is 9.97 Å². The first-order valence-corrected chi connectivity index (χ1v) is 5.52. The van der Waals surface area contributed by atoms with Crippen LogP contribution < -0.4 is 5.56 Å². The third-order valence-electron chi connectivity index (χ3n) is 3.19. The molecule has 1 aliphatic carbocycles. The smallest absolute Gasteiger partial charge is 0.252 e. The maximum Gasteiger partial charge on any atom is 0.252 e. The van der Waals surface area contributed by atoms with Crippen LogP contribution in [0.25, 0.3) is 11.0 Å². The largest absolute Gasteiger partial charge is 0.360 e. The van der Waals surface area contributed by atoms with Gasteiger partial charge in [-0.1, -0.05) is 6.92 Å². The van der Waals surface area contributed by atoms with Crippen LogP contribution in [0.4, 0.5) is 0 Å². The first kappa shape index (κ1) is 8.77. The van der Waals surface area contributed by atoms with E-state index in [1.54, 1.807) is 0 Å². The molecule has 0 saturated heterocycles. The SMILES string of the molecule is CCc1c[nH]c2cc(C3CC3)c(=O)[nH]c12. The highest BCUT2D eigenvalue weighted by Gasteiger charge is 2.26. The summed E-state index contributed by atoms with van der Waals surface area (Å²) < 4.78 is 0. The minimum atomic E-state index is 0.0966. The van der Waals surface area contributed by atoms with Gasteiger partial charge in [-0.2, -0.15) is 0 Å². The minimum absolute atomic E-state index is 0.0966. The molecule has 1 aliphatic rings. The first-order valence-electron chi connectivity index (χ1n) is 5.52. The second-order valence-electron chi connectivity index (χ2n) is 4.28. The van der Waals surface area contributed by atoms with E-state index in [0.717, 1.165) is 35.9 Å². The standard InChI is InChI=1S/C12H14N2O/c1-2-7-6-13-10-5-9(8-3-4-8)12(15)14-11(7)10/h5-6,8,13H,2-4H2,1H3,(H,14,15). The number of nitrogens with one attached hydrogen (secondary N) is 2. The Labute approximate surface area is 87.5 Å². The summed E-state index contributed by atoms with van der Waals surface area (Å²) in [5.74, 6) is 0.506. The van der Waals surface area contributed by atoms with Gasteiger partial charge in [-0.25, -0.2) is 0 Å². The Morgan fingerprint density at radius 3 is 2.93 bits per heavy atom. The fraction of sp³-hybridized carbons (Fsp3) is 0.417. The van der Waals surface area contributed by atoms with Crippen LogP contribution in [0.1, 0.15) is 36.8 Å².